The van der Waals surface area contributed by atoms with E-state index in [4.69, 9.17) is 4.74 Å². The molecular formula is C14H15NO2. The minimum Gasteiger partial charge on any atom is -0.484 e. The first-order valence-electron chi connectivity index (χ1n) is 5.56. The molecule has 1 N–H and O–H groups in total. The quantitative estimate of drug-likeness (QED) is 0.876. The average Bonchev–Trinajstić information content (AvgIpc) is 2.40. The molecule has 0 bridgehead atoms. The summed E-state index contributed by atoms with van der Waals surface area (Å²) in [5, 5.41) is 9.19. The Labute approximate surface area is 101 Å². The number of benzene rings is 1. The third-order valence-electron chi connectivity index (χ3n) is 2.61. The number of aromatic nitrogens is 1. The molecule has 1 unspecified atom stereocenters. The summed E-state index contributed by atoms with van der Waals surface area (Å²) in [6.07, 6.45) is 3.21. The van der Waals surface area contributed by atoms with E-state index in [1.165, 1.54) is 0 Å². The van der Waals surface area contributed by atoms with Crippen molar-refractivity contribution < 1.29 is 9.84 Å². The fourth-order valence-electron chi connectivity index (χ4n) is 1.63. The van der Waals surface area contributed by atoms with Crippen LogP contribution in [0.5, 0.6) is 5.75 Å². The average molecular weight is 229 g/mol. The molecule has 0 spiro atoms. The zero-order valence-electron chi connectivity index (χ0n) is 9.71. The predicted molar refractivity (Wildman–Crippen MR) is 65.6 cm³/mol. The Hall–Kier alpha value is -1.87. The lowest BCUT2D eigenvalue weighted by molar-refractivity contribution is 0.212. The molecule has 1 aromatic heterocycles. The minimum absolute atomic E-state index is 0.0423. The van der Waals surface area contributed by atoms with Crippen LogP contribution in [0.15, 0.2) is 48.8 Å². The highest BCUT2D eigenvalue weighted by molar-refractivity contribution is 5.30. The van der Waals surface area contributed by atoms with Gasteiger partial charge in [0.2, 0.25) is 0 Å². The van der Waals surface area contributed by atoms with Gasteiger partial charge < -0.3 is 9.84 Å². The van der Waals surface area contributed by atoms with Gasteiger partial charge in [0, 0.05) is 11.8 Å². The molecule has 3 nitrogen and oxygen atoms in total. The first kappa shape index (κ1) is 11.6. The molecule has 88 valence electrons. The number of aliphatic hydroxyl groups excluding tert-OH is 1. The second-order valence-corrected chi connectivity index (χ2v) is 3.81. The van der Waals surface area contributed by atoms with E-state index in [-0.39, 0.29) is 12.7 Å². The molecule has 0 saturated heterocycles. The number of aliphatic hydroxyl groups is 1. The molecule has 2 rings (SSSR count). The Morgan fingerprint density at radius 2 is 2.00 bits per heavy atom. The largest absolute Gasteiger partial charge is 0.484 e. The maximum Gasteiger partial charge on any atom is 0.144 e. The van der Waals surface area contributed by atoms with Gasteiger partial charge in [-0.3, -0.25) is 4.98 Å². The van der Waals surface area contributed by atoms with Crippen LogP contribution in [0.25, 0.3) is 0 Å². The Kier molecular flexibility index (Phi) is 3.73. The third-order valence-corrected chi connectivity index (χ3v) is 2.61. The number of hydrogen-bond donors (Lipinski definition) is 1. The highest BCUT2D eigenvalue weighted by Gasteiger charge is 2.09. The van der Waals surface area contributed by atoms with Crippen molar-refractivity contribution in [2.24, 2.45) is 0 Å². The Bertz CT molecular complexity index is 471. The molecule has 3 heteroatoms. The molecule has 0 fully saturated rings. The Morgan fingerprint density at radius 1 is 1.24 bits per heavy atom. The van der Waals surface area contributed by atoms with Crippen LogP contribution in [-0.4, -0.2) is 10.1 Å². The standard InChI is InChI=1S/C14H15NO2/c1-11(12-5-3-2-4-6-12)17-14-9-15-8-7-13(14)10-16/h2-9,11,16H,10H2,1H3. The molecule has 1 atom stereocenters. The van der Waals surface area contributed by atoms with E-state index >= 15 is 0 Å². The van der Waals surface area contributed by atoms with Gasteiger partial charge in [-0.1, -0.05) is 30.3 Å². The van der Waals surface area contributed by atoms with E-state index in [1.807, 2.05) is 37.3 Å². The first-order valence-corrected chi connectivity index (χ1v) is 5.56. The summed E-state index contributed by atoms with van der Waals surface area (Å²) in [7, 11) is 0. The van der Waals surface area contributed by atoms with Crippen LogP contribution in [-0.2, 0) is 6.61 Å². The van der Waals surface area contributed by atoms with Crippen molar-refractivity contribution >= 4 is 0 Å². The topological polar surface area (TPSA) is 42.4 Å². The van der Waals surface area contributed by atoms with Crippen molar-refractivity contribution in [2.45, 2.75) is 19.6 Å². The second kappa shape index (κ2) is 5.46. The number of ether oxygens (including phenoxy) is 1. The van der Waals surface area contributed by atoms with E-state index in [9.17, 15) is 5.11 Å². The fourth-order valence-corrected chi connectivity index (χ4v) is 1.63. The van der Waals surface area contributed by atoms with Crippen LogP contribution in [0.2, 0.25) is 0 Å². The van der Waals surface area contributed by atoms with Crippen LogP contribution < -0.4 is 4.74 Å². The molecule has 2 aromatic rings. The van der Waals surface area contributed by atoms with E-state index in [1.54, 1.807) is 18.5 Å². The molecule has 1 aromatic carbocycles. The summed E-state index contributed by atoms with van der Waals surface area (Å²) >= 11 is 0. The fraction of sp³-hybridized carbons (Fsp3) is 0.214. The first-order chi connectivity index (χ1) is 8.31. The number of hydrogen-bond acceptors (Lipinski definition) is 3. The number of nitrogens with zero attached hydrogens (tertiary/aromatic N) is 1. The lowest BCUT2D eigenvalue weighted by atomic mass is 10.1. The van der Waals surface area contributed by atoms with Crippen LogP contribution >= 0.6 is 0 Å². The second-order valence-electron chi connectivity index (χ2n) is 3.81. The highest BCUT2D eigenvalue weighted by Crippen LogP contribution is 2.24. The van der Waals surface area contributed by atoms with E-state index in [0.29, 0.717) is 5.75 Å². The van der Waals surface area contributed by atoms with Crippen LogP contribution in [0.3, 0.4) is 0 Å². The monoisotopic (exact) mass is 229 g/mol. The summed E-state index contributed by atoms with van der Waals surface area (Å²) < 4.78 is 5.80. The summed E-state index contributed by atoms with van der Waals surface area (Å²) in [6, 6.07) is 11.7. The molecule has 0 amide bonds. The molecule has 0 saturated carbocycles. The molecule has 0 aliphatic carbocycles. The van der Waals surface area contributed by atoms with Gasteiger partial charge in [-0.15, -0.1) is 0 Å². The van der Waals surface area contributed by atoms with Crippen molar-refractivity contribution in [3.05, 3.63) is 59.9 Å². The molecule has 0 aliphatic heterocycles. The number of rotatable bonds is 4. The maximum absolute atomic E-state index is 9.19. The molecule has 0 radical (unpaired) electrons. The summed E-state index contributed by atoms with van der Waals surface area (Å²) in [6.45, 7) is 1.93. The SMILES string of the molecule is CC(Oc1cnccc1CO)c1ccccc1. The van der Waals surface area contributed by atoms with Gasteiger partial charge in [0.1, 0.15) is 11.9 Å². The van der Waals surface area contributed by atoms with Crippen LogP contribution in [0.1, 0.15) is 24.2 Å². The van der Waals surface area contributed by atoms with Crippen molar-refractivity contribution in [1.29, 1.82) is 0 Å². The van der Waals surface area contributed by atoms with Gasteiger partial charge >= 0.3 is 0 Å². The normalized spacial score (nSPS) is 12.1. The van der Waals surface area contributed by atoms with Gasteiger partial charge in [-0.05, 0) is 18.6 Å². The van der Waals surface area contributed by atoms with Crippen molar-refractivity contribution in [3.63, 3.8) is 0 Å². The Balaban J connectivity index is 2.16. The molecule has 1 heterocycles. The van der Waals surface area contributed by atoms with Gasteiger partial charge in [0.15, 0.2) is 0 Å². The Morgan fingerprint density at radius 3 is 2.71 bits per heavy atom. The lowest BCUT2D eigenvalue weighted by Gasteiger charge is -2.16. The lowest BCUT2D eigenvalue weighted by Crippen LogP contribution is -2.05. The summed E-state index contributed by atoms with van der Waals surface area (Å²) in [5.74, 6) is 0.631. The number of pyridine rings is 1. The third kappa shape index (κ3) is 2.82. The summed E-state index contributed by atoms with van der Waals surface area (Å²) in [4.78, 5) is 4.00. The van der Waals surface area contributed by atoms with Crippen LogP contribution in [0.4, 0.5) is 0 Å². The maximum atomic E-state index is 9.19. The van der Waals surface area contributed by atoms with Crippen molar-refractivity contribution in [3.8, 4) is 5.75 Å². The zero-order valence-corrected chi connectivity index (χ0v) is 9.71. The van der Waals surface area contributed by atoms with E-state index in [2.05, 4.69) is 4.98 Å². The molecular weight excluding hydrogens is 214 g/mol. The van der Waals surface area contributed by atoms with Crippen molar-refractivity contribution in [2.75, 3.05) is 0 Å². The van der Waals surface area contributed by atoms with Gasteiger partial charge in [0.05, 0.1) is 12.8 Å². The van der Waals surface area contributed by atoms with E-state index in [0.717, 1.165) is 11.1 Å². The predicted octanol–water partition coefficient (Wildman–Crippen LogP) is 2.71. The minimum atomic E-state index is -0.0642. The molecule has 17 heavy (non-hydrogen) atoms. The van der Waals surface area contributed by atoms with Gasteiger partial charge in [-0.2, -0.15) is 0 Å². The zero-order chi connectivity index (χ0) is 12.1. The van der Waals surface area contributed by atoms with Gasteiger partial charge in [0.25, 0.3) is 0 Å². The summed E-state index contributed by atoms with van der Waals surface area (Å²) in [5.41, 5.74) is 1.85. The van der Waals surface area contributed by atoms with Crippen molar-refractivity contribution in [1.82, 2.24) is 4.98 Å². The van der Waals surface area contributed by atoms with Crippen LogP contribution in [0, 0.1) is 0 Å². The van der Waals surface area contributed by atoms with Gasteiger partial charge in [-0.25, -0.2) is 0 Å². The molecule has 0 aliphatic rings. The van der Waals surface area contributed by atoms with E-state index < -0.39 is 0 Å². The smallest absolute Gasteiger partial charge is 0.144 e. The highest BCUT2D eigenvalue weighted by atomic mass is 16.5.